The van der Waals surface area contributed by atoms with Gasteiger partial charge in [0.2, 0.25) is 0 Å². The lowest BCUT2D eigenvalue weighted by atomic mass is 10.3. The molecule has 3 rings (SSSR count). The summed E-state index contributed by atoms with van der Waals surface area (Å²) in [5.74, 6) is -0.419. The Morgan fingerprint density at radius 3 is 2.86 bits per heavy atom. The highest BCUT2D eigenvalue weighted by molar-refractivity contribution is 5.88. The third-order valence-electron chi connectivity index (χ3n) is 3.08. The summed E-state index contributed by atoms with van der Waals surface area (Å²) in [7, 11) is 0. The van der Waals surface area contributed by atoms with E-state index in [4.69, 9.17) is 0 Å². The third-order valence-corrected chi connectivity index (χ3v) is 3.08. The van der Waals surface area contributed by atoms with E-state index in [9.17, 15) is 14.4 Å². The first kappa shape index (κ1) is 13.0. The number of benzene rings is 1. The number of carbonyl (C=O) groups excluding carboxylic acids is 1. The summed E-state index contributed by atoms with van der Waals surface area (Å²) in [6.45, 7) is 1.33. The molecule has 0 aliphatic carbocycles. The summed E-state index contributed by atoms with van der Waals surface area (Å²) in [4.78, 5) is 37.4. The summed E-state index contributed by atoms with van der Waals surface area (Å²) in [6.07, 6.45) is 1.35. The summed E-state index contributed by atoms with van der Waals surface area (Å²) in [5.41, 5.74) is 0.414. The number of aromatic amines is 1. The van der Waals surface area contributed by atoms with E-state index in [0.29, 0.717) is 16.6 Å². The van der Waals surface area contributed by atoms with E-state index in [0.717, 1.165) is 9.25 Å². The molecule has 2 heterocycles. The molecule has 0 aliphatic heterocycles. The molecule has 3 aromatic rings. The number of H-pyrrole nitrogens is 1. The van der Waals surface area contributed by atoms with Crippen molar-refractivity contribution >= 4 is 16.9 Å². The fraction of sp³-hybridized carbons (Fsp3) is 0.154. The number of nitrogens with one attached hydrogen (secondary N) is 1. The summed E-state index contributed by atoms with van der Waals surface area (Å²) >= 11 is 0. The lowest BCUT2D eigenvalue weighted by molar-refractivity contribution is 0.0876. The normalized spacial score (nSPS) is 10.9. The topological polar surface area (TPSA) is 103 Å². The first-order valence-electron chi connectivity index (χ1n) is 6.20. The molecule has 0 saturated heterocycles. The number of carbonyl (C=O) groups is 1. The summed E-state index contributed by atoms with van der Waals surface area (Å²) < 4.78 is 2.28. The van der Waals surface area contributed by atoms with Gasteiger partial charge in [-0.25, -0.2) is 4.79 Å². The van der Waals surface area contributed by atoms with Crippen molar-refractivity contribution in [3.8, 4) is 0 Å². The van der Waals surface area contributed by atoms with E-state index in [-0.39, 0.29) is 6.54 Å². The number of aryl methyl sites for hydroxylation is 1. The van der Waals surface area contributed by atoms with Gasteiger partial charge in [0, 0.05) is 11.8 Å². The van der Waals surface area contributed by atoms with Gasteiger partial charge in [0.05, 0.1) is 5.52 Å². The second-order valence-electron chi connectivity index (χ2n) is 4.58. The fourth-order valence-corrected chi connectivity index (χ4v) is 2.00. The first-order chi connectivity index (χ1) is 10.1. The van der Waals surface area contributed by atoms with Crippen LogP contribution < -0.4 is 11.2 Å². The third kappa shape index (κ3) is 2.27. The number of nitrogens with zero attached hydrogens (tertiary/aromatic N) is 4. The largest absolute Gasteiger partial charge is 0.328 e. The van der Waals surface area contributed by atoms with Crippen molar-refractivity contribution < 1.29 is 4.79 Å². The number of aromatic nitrogens is 5. The summed E-state index contributed by atoms with van der Waals surface area (Å²) in [6, 6.07) is 7.02. The second-order valence-corrected chi connectivity index (χ2v) is 4.58. The monoisotopic (exact) mass is 285 g/mol. The van der Waals surface area contributed by atoms with Gasteiger partial charge in [0.15, 0.2) is 0 Å². The minimum Gasteiger partial charge on any atom is -0.291 e. The van der Waals surface area contributed by atoms with Crippen LogP contribution in [0.4, 0.5) is 0 Å². The van der Waals surface area contributed by atoms with Gasteiger partial charge in [0.1, 0.15) is 12.1 Å². The Balaban J connectivity index is 1.99. The van der Waals surface area contributed by atoms with E-state index in [2.05, 4.69) is 15.3 Å². The predicted octanol–water partition coefficient (Wildman–Crippen LogP) is -0.0699. The molecule has 0 unspecified atom stereocenters. The zero-order valence-electron chi connectivity index (χ0n) is 11.1. The Morgan fingerprint density at radius 1 is 1.29 bits per heavy atom. The van der Waals surface area contributed by atoms with Crippen LogP contribution in [-0.4, -0.2) is 30.5 Å². The molecule has 0 radical (unpaired) electrons. The van der Waals surface area contributed by atoms with Gasteiger partial charge < -0.3 is 0 Å². The zero-order chi connectivity index (χ0) is 15.0. The molecular weight excluding hydrogens is 274 g/mol. The quantitative estimate of drug-likeness (QED) is 0.710. The maximum atomic E-state index is 12.2. The van der Waals surface area contributed by atoms with E-state index in [1.165, 1.54) is 6.20 Å². The highest BCUT2D eigenvalue weighted by Gasteiger charge is 2.13. The van der Waals surface area contributed by atoms with Gasteiger partial charge in [-0.15, -0.1) is 5.10 Å². The molecule has 106 valence electrons. The highest BCUT2D eigenvalue weighted by atomic mass is 16.2. The zero-order valence-corrected chi connectivity index (χ0v) is 11.1. The van der Waals surface area contributed by atoms with Crippen LogP contribution in [0.25, 0.3) is 11.0 Å². The van der Waals surface area contributed by atoms with Crippen LogP contribution in [0.15, 0.2) is 40.1 Å². The minimum absolute atomic E-state index is 0.232. The molecule has 0 spiro atoms. The van der Waals surface area contributed by atoms with E-state index in [1.807, 2.05) is 0 Å². The first-order valence-corrected chi connectivity index (χ1v) is 6.20. The maximum absolute atomic E-state index is 12.2. The summed E-state index contributed by atoms with van der Waals surface area (Å²) in [5, 5.41) is 7.67. The fourth-order valence-electron chi connectivity index (χ4n) is 2.00. The van der Waals surface area contributed by atoms with Crippen LogP contribution >= 0.6 is 0 Å². The van der Waals surface area contributed by atoms with Crippen LogP contribution in [0.2, 0.25) is 0 Å². The average Bonchev–Trinajstić information content (AvgIpc) is 2.88. The molecule has 0 amide bonds. The molecule has 21 heavy (non-hydrogen) atoms. The van der Waals surface area contributed by atoms with E-state index in [1.54, 1.807) is 31.2 Å². The van der Waals surface area contributed by atoms with Crippen molar-refractivity contribution in [2.45, 2.75) is 13.5 Å². The van der Waals surface area contributed by atoms with Gasteiger partial charge in [0.25, 0.3) is 11.5 Å². The lowest BCUT2D eigenvalue weighted by Crippen LogP contribution is -2.34. The van der Waals surface area contributed by atoms with Crippen LogP contribution in [0, 0.1) is 6.92 Å². The van der Waals surface area contributed by atoms with Gasteiger partial charge in [-0.05, 0) is 19.1 Å². The van der Waals surface area contributed by atoms with E-state index < -0.39 is 17.2 Å². The number of hydrogen-bond acceptors (Lipinski definition) is 5. The molecule has 1 aromatic carbocycles. The molecule has 0 atom stereocenters. The standard InChI is InChI=1S/C13H11N5O3/c1-8-6-17(13(21)14-12(8)20)7-11(19)18-10-5-3-2-4-9(10)15-16-18/h2-6H,7H2,1H3,(H,14,20,21). The van der Waals surface area contributed by atoms with Crippen molar-refractivity contribution in [1.82, 2.24) is 24.5 Å². The van der Waals surface area contributed by atoms with Gasteiger partial charge >= 0.3 is 5.69 Å². The van der Waals surface area contributed by atoms with Gasteiger partial charge in [-0.1, -0.05) is 17.3 Å². The van der Waals surface area contributed by atoms with Gasteiger partial charge in [-0.2, -0.15) is 4.68 Å². The maximum Gasteiger partial charge on any atom is 0.328 e. The number of rotatable bonds is 2. The van der Waals surface area contributed by atoms with Crippen LogP contribution in [0.5, 0.6) is 0 Å². The Kier molecular flexibility index (Phi) is 2.98. The number of fused-ring (bicyclic) bond motifs is 1. The van der Waals surface area contributed by atoms with Crippen molar-refractivity contribution in [3.63, 3.8) is 0 Å². The van der Waals surface area contributed by atoms with E-state index >= 15 is 0 Å². The molecule has 0 saturated carbocycles. The second kappa shape index (κ2) is 4.82. The SMILES string of the molecule is Cc1cn(CC(=O)n2nnc3ccccc32)c(=O)[nH]c1=O. The Labute approximate surface area is 117 Å². The molecule has 8 nitrogen and oxygen atoms in total. The van der Waals surface area contributed by atoms with Crippen molar-refractivity contribution in [2.24, 2.45) is 0 Å². The van der Waals surface area contributed by atoms with Gasteiger partial charge in [-0.3, -0.25) is 19.1 Å². The average molecular weight is 285 g/mol. The van der Waals surface area contributed by atoms with Crippen molar-refractivity contribution in [2.75, 3.05) is 0 Å². The molecular formula is C13H11N5O3. The Morgan fingerprint density at radius 2 is 2.05 bits per heavy atom. The number of para-hydroxylation sites is 1. The number of hydrogen-bond donors (Lipinski definition) is 1. The van der Waals surface area contributed by atoms with Crippen LogP contribution in [0.3, 0.4) is 0 Å². The molecule has 0 bridgehead atoms. The lowest BCUT2D eigenvalue weighted by Gasteiger charge is -2.05. The molecule has 0 aliphatic rings. The van der Waals surface area contributed by atoms with Crippen LogP contribution in [0.1, 0.15) is 10.4 Å². The van der Waals surface area contributed by atoms with Crippen LogP contribution in [-0.2, 0) is 6.54 Å². The molecule has 0 fully saturated rings. The Hall–Kier alpha value is -3.03. The predicted molar refractivity (Wildman–Crippen MR) is 74.2 cm³/mol. The Bertz CT molecular complexity index is 950. The van der Waals surface area contributed by atoms with Crippen molar-refractivity contribution in [3.05, 3.63) is 56.9 Å². The molecule has 2 aromatic heterocycles. The smallest absolute Gasteiger partial charge is 0.291 e. The molecule has 8 heteroatoms. The van der Waals surface area contributed by atoms with Crippen molar-refractivity contribution in [1.29, 1.82) is 0 Å². The highest BCUT2D eigenvalue weighted by Crippen LogP contribution is 2.09. The minimum atomic E-state index is -0.636. The molecule has 1 N–H and O–H groups in total.